The van der Waals surface area contributed by atoms with Gasteiger partial charge in [-0.05, 0) is 19.8 Å². The average molecular weight is 411 g/mol. The molecule has 9 nitrogen and oxygen atoms in total. The van der Waals surface area contributed by atoms with E-state index in [2.05, 4.69) is 10.3 Å². The molecule has 2 aliphatic rings. The second-order valence-electron chi connectivity index (χ2n) is 7.44. The molecule has 3 heterocycles. The molecule has 3 amide bonds. The second-order valence-corrected chi connectivity index (χ2v) is 8.43. The maximum atomic E-state index is 12.4. The molecule has 0 unspecified atom stereocenters. The third kappa shape index (κ3) is 4.86. The number of hydrogen-bond acceptors (Lipinski definition) is 6. The fraction of sp³-hybridized carbons (Fsp3) is 0.667. The smallest absolute Gasteiger partial charge is 0.281 e. The van der Waals surface area contributed by atoms with Gasteiger partial charge in [-0.2, -0.15) is 0 Å². The van der Waals surface area contributed by atoms with Crippen molar-refractivity contribution in [2.24, 2.45) is 0 Å². The number of quaternary nitrogens is 1. The minimum absolute atomic E-state index is 0.0809. The third-order valence-electron chi connectivity index (χ3n) is 5.04. The summed E-state index contributed by atoms with van der Waals surface area (Å²) in [5, 5.41) is 3.24. The summed E-state index contributed by atoms with van der Waals surface area (Å²) < 4.78 is 5.47. The van der Waals surface area contributed by atoms with Gasteiger partial charge in [0.2, 0.25) is 0 Å². The first kappa shape index (κ1) is 20.7. The predicted molar refractivity (Wildman–Crippen MR) is 105 cm³/mol. The van der Waals surface area contributed by atoms with Crippen LogP contribution in [0.25, 0.3) is 0 Å². The van der Waals surface area contributed by atoms with Gasteiger partial charge in [-0.3, -0.25) is 19.7 Å². The Morgan fingerprint density at radius 1 is 1.32 bits per heavy atom. The number of nitrogens with one attached hydrogen (secondary N) is 2. The SMILES string of the molecule is Cc1nc(NC(=O)C[NH+]2CCN(C(=O)[C@@H]3CCCO3)CC2)sc1C(=O)N(C)C. The van der Waals surface area contributed by atoms with Gasteiger partial charge in [0.05, 0.1) is 31.9 Å². The van der Waals surface area contributed by atoms with Gasteiger partial charge in [-0.1, -0.05) is 11.3 Å². The van der Waals surface area contributed by atoms with Gasteiger partial charge in [0.1, 0.15) is 11.0 Å². The molecule has 28 heavy (non-hydrogen) atoms. The summed E-state index contributed by atoms with van der Waals surface area (Å²) in [6, 6.07) is 0. The molecule has 10 heteroatoms. The van der Waals surface area contributed by atoms with Gasteiger partial charge >= 0.3 is 0 Å². The first-order chi connectivity index (χ1) is 13.3. The number of thiazole rings is 1. The summed E-state index contributed by atoms with van der Waals surface area (Å²) in [4.78, 5) is 46.1. The van der Waals surface area contributed by atoms with E-state index in [1.807, 2.05) is 4.90 Å². The molecule has 3 rings (SSSR count). The standard InChI is InChI=1S/C18H27N5O4S/c1-12-15(17(26)21(2)3)28-18(19-12)20-14(24)11-22-6-8-23(9-7-22)16(25)13-5-4-10-27-13/h13H,4-11H2,1-3H3,(H,19,20,24)/p+1/t13-/m0/s1. The maximum absolute atomic E-state index is 12.4. The highest BCUT2D eigenvalue weighted by molar-refractivity contribution is 7.17. The molecular weight excluding hydrogens is 382 g/mol. The maximum Gasteiger partial charge on any atom is 0.281 e. The van der Waals surface area contributed by atoms with Crippen LogP contribution in [0.4, 0.5) is 5.13 Å². The fourth-order valence-corrected chi connectivity index (χ4v) is 4.44. The Balaban J connectivity index is 1.46. The first-order valence-corrected chi connectivity index (χ1v) is 10.4. The highest BCUT2D eigenvalue weighted by atomic mass is 32.1. The van der Waals surface area contributed by atoms with Crippen LogP contribution in [-0.2, 0) is 14.3 Å². The predicted octanol–water partition coefficient (Wildman–Crippen LogP) is -1.00. The van der Waals surface area contributed by atoms with Crippen molar-refractivity contribution in [2.75, 3.05) is 58.7 Å². The molecule has 2 saturated heterocycles. The van der Waals surface area contributed by atoms with E-state index in [1.165, 1.54) is 16.2 Å². The lowest BCUT2D eigenvalue weighted by Gasteiger charge is -2.33. The average Bonchev–Trinajstić information content (AvgIpc) is 3.31. The van der Waals surface area contributed by atoms with E-state index in [-0.39, 0.29) is 23.8 Å². The monoisotopic (exact) mass is 410 g/mol. The molecule has 0 aromatic carbocycles. The van der Waals surface area contributed by atoms with Crippen molar-refractivity contribution < 1.29 is 24.0 Å². The van der Waals surface area contributed by atoms with Crippen molar-refractivity contribution in [3.8, 4) is 0 Å². The molecule has 2 fully saturated rings. The molecule has 0 radical (unpaired) electrons. The lowest BCUT2D eigenvalue weighted by molar-refractivity contribution is -0.895. The number of carbonyl (C=O) groups excluding carboxylic acids is 3. The number of aryl methyl sites for hydroxylation is 1. The van der Waals surface area contributed by atoms with Gasteiger partial charge in [0.25, 0.3) is 17.7 Å². The van der Waals surface area contributed by atoms with Crippen LogP contribution in [0.5, 0.6) is 0 Å². The molecule has 0 spiro atoms. The Bertz CT molecular complexity index is 736. The number of rotatable bonds is 5. The highest BCUT2D eigenvalue weighted by Gasteiger charge is 2.32. The Hall–Kier alpha value is -2.04. The minimum atomic E-state index is -0.280. The molecular formula is C18H28N5O4S+. The molecule has 1 aromatic heterocycles. The second kappa shape index (κ2) is 8.97. The van der Waals surface area contributed by atoms with Crippen LogP contribution in [0.15, 0.2) is 0 Å². The topological polar surface area (TPSA) is 96.3 Å². The quantitative estimate of drug-likeness (QED) is 0.649. The number of hydrogen-bond donors (Lipinski definition) is 2. The third-order valence-corrected chi connectivity index (χ3v) is 6.10. The summed E-state index contributed by atoms with van der Waals surface area (Å²) in [6.45, 7) is 5.48. The molecule has 0 aliphatic carbocycles. The molecule has 0 bridgehead atoms. The van der Waals surface area contributed by atoms with E-state index in [0.29, 0.717) is 41.9 Å². The van der Waals surface area contributed by atoms with Crippen LogP contribution in [0, 0.1) is 6.92 Å². The van der Waals surface area contributed by atoms with Crippen molar-refractivity contribution in [3.63, 3.8) is 0 Å². The zero-order chi connectivity index (χ0) is 20.3. The number of anilines is 1. The van der Waals surface area contributed by atoms with Crippen LogP contribution in [-0.4, -0.2) is 92.0 Å². The van der Waals surface area contributed by atoms with Crippen molar-refractivity contribution in [2.45, 2.75) is 25.9 Å². The molecule has 1 aromatic rings. The van der Waals surface area contributed by atoms with Gasteiger partial charge in [0, 0.05) is 20.7 Å². The number of aromatic nitrogens is 1. The Kier molecular flexibility index (Phi) is 6.63. The van der Waals surface area contributed by atoms with E-state index < -0.39 is 0 Å². The summed E-state index contributed by atoms with van der Waals surface area (Å²) in [5.41, 5.74) is 0.618. The van der Waals surface area contributed by atoms with Crippen molar-refractivity contribution in [3.05, 3.63) is 10.6 Å². The van der Waals surface area contributed by atoms with Crippen LogP contribution in [0.2, 0.25) is 0 Å². The van der Waals surface area contributed by atoms with Gasteiger partial charge < -0.3 is 19.4 Å². The van der Waals surface area contributed by atoms with E-state index >= 15 is 0 Å². The van der Waals surface area contributed by atoms with Crippen molar-refractivity contribution in [1.82, 2.24) is 14.8 Å². The lowest BCUT2D eigenvalue weighted by atomic mass is 10.2. The summed E-state index contributed by atoms with van der Waals surface area (Å²) in [6.07, 6.45) is 1.47. The van der Waals surface area contributed by atoms with Gasteiger partial charge in [0.15, 0.2) is 11.7 Å². The van der Waals surface area contributed by atoms with E-state index in [9.17, 15) is 14.4 Å². The van der Waals surface area contributed by atoms with Gasteiger partial charge in [-0.25, -0.2) is 4.98 Å². The Morgan fingerprint density at radius 2 is 2.04 bits per heavy atom. The van der Waals surface area contributed by atoms with Crippen molar-refractivity contribution in [1.29, 1.82) is 0 Å². The summed E-state index contributed by atoms with van der Waals surface area (Å²) >= 11 is 1.19. The summed E-state index contributed by atoms with van der Waals surface area (Å²) in [5.74, 6) is -0.169. The number of piperazine rings is 1. The largest absolute Gasteiger partial charge is 0.368 e. The van der Waals surface area contributed by atoms with Crippen LogP contribution in [0.1, 0.15) is 28.2 Å². The zero-order valence-corrected chi connectivity index (χ0v) is 17.4. The van der Waals surface area contributed by atoms with Crippen LogP contribution in [0.3, 0.4) is 0 Å². The van der Waals surface area contributed by atoms with E-state index in [4.69, 9.17) is 4.74 Å². The summed E-state index contributed by atoms with van der Waals surface area (Å²) in [7, 11) is 3.37. The number of carbonyl (C=O) groups is 3. The van der Waals surface area contributed by atoms with Gasteiger partial charge in [-0.15, -0.1) is 0 Å². The number of nitrogens with zero attached hydrogens (tertiary/aromatic N) is 3. The molecule has 0 saturated carbocycles. The molecule has 2 aliphatic heterocycles. The first-order valence-electron chi connectivity index (χ1n) is 9.58. The number of ether oxygens (including phenoxy) is 1. The lowest BCUT2D eigenvalue weighted by Crippen LogP contribution is -3.15. The van der Waals surface area contributed by atoms with Crippen molar-refractivity contribution >= 4 is 34.2 Å². The van der Waals surface area contributed by atoms with E-state index in [0.717, 1.165) is 30.8 Å². The molecule has 1 atom stereocenters. The Morgan fingerprint density at radius 3 is 2.64 bits per heavy atom. The Labute approximate surface area is 168 Å². The zero-order valence-electron chi connectivity index (χ0n) is 16.6. The normalized spacial score (nSPS) is 20.2. The minimum Gasteiger partial charge on any atom is -0.368 e. The fourth-order valence-electron chi connectivity index (χ4n) is 3.44. The van der Waals surface area contributed by atoms with E-state index in [1.54, 1.807) is 21.0 Å². The number of amides is 3. The highest BCUT2D eigenvalue weighted by Crippen LogP contribution is 2.23. The van der Waals surface area contributed by atoms with Crippen LogP contribution >= 0.6 is 11.3 Å². The van der Waals surface area contributed by atoms with Crippen LogP contribution < -0.4 is 10.2 Å². The molecule has 154 valence electrons. The molecule has 2 N–H and O–H groups in total.